The SMILES string of the molecule is Cc1ccc(CN2CCC3CCN(c4ncccc4C#N)CC32)c(C)c1. The van der Waals surface area contributed by atoms with Gasteiger partial charge in [-0.15, -0.1) is 0 Å². The number of hydrogen-bond donors (Lipinski definition) is 0. The molecule has 2 saturated heterocycles. The van der Waals surface area contributed by atoms with Crippen molar-refractivity contribution in [2.75, 3.05) is 24.5 Å². The molecule has 0 bridgehead atoms. The Balaban J connectivity index is 1.53. The van der Waals surface area contributed by atoms with Crippen molar-refractivity contribution in [2.24, 2.45) is 5.92 Å². The number of pyridine rings is 1. The molecule has 2 unspecified atom stereocenters. The number of benzene rings is 1. The van der Waals surface area contributed by atoms with Crippen molar-refractivity contribution >= 4 is 5.82 Å². The lowest BCUT2D eigenvalue weighted by Gasteiger charge is -2.39. The second kappa shape index (κ2) is 7.09. The summed E-state index contributed by atoms with van der Waals surface area (Å²) in [5.41, 5.74) is 4.83. The van der Waals surface area contributed by atoms with Gasteiger partial charge in [0, 0.05) is 31.9 Å². The molecule has 2 aliphatic heterocycles. The van der Waals surface area contributed by atoms with Crippen LogP contribution in [0, 0.1) is 31.1 Å². The number of nitriles is 1. The normalized spacial score (nSPS) is 22.9. The first kappa shape index (κ1) is 17.1. The van der Waals surface area contributed by atoms with E-state index in [1.807, 2.05) is 12.1 Å². The highest BCUT2D eigenvalue weighted by Gasteiger charge is 2.39. The largest absolute Gasteiger partial charge is 0.354 e. The van der Waals surface area contributed by atoms with Gasteiger partial charge in [0.15, 0.2) is 0 Å². The monoisotopic (exact) mass is 346 g/mol. The highest BCUT2D eigenvalue weighted by Crippen LogP contribution is 2.35. The van der Waals surface area contributed by atoms with E-state index in [1.165, 1.54) is 36.1 Å². The maximum absolute atomic E-state index is 9.41. The van der Waals surface area contributed by atoms with Crippen LogP contribution in [0.15, 0.2) is 36.5 Å². The van der Waals surface area contributed by atoms with Crippen LogP contribution in [0.2, 0.25) is 0 Å². The van der Waals surface area contributed by atoms with Gasteiger partial charge in [0.25, 0.3) is 0 Å². The fourth-order valence-electron chi connectivity index (χ4n) is 4.59. The molecule has 0 amide bonds. The quantitative estimate of drug-likeness (QED) is 0.850. The first-order chi connectivity index (χ1) is 12.7. The summed E-state index contributed by atoms with van der Waals surface area (Å²) in [7, 11) is 0. The Morgan fingerprint density at radius 1 is 1.19 bits per heavy atom. The molecule has 4 rings (SSSR count). The molecule has 26 heavy (non-hydrogen) atoms. The minimum Gasteiger partial charge on any atom is -0.354 e. The van der Waals surface area contributed by atoms with Gasteiger partial charge in [-0.25, -0.2) is 4.98 Å². The van der Waals surface area contributed by atoms with Crippen molar-refractivity contribution in [2.45, 2.75) is 39.3 Å². The maximum atomic E-state index is 9.41. The fraction of sp³-hybridized carbons (Fsp3) is 0.455. The average Bonchev–Trinajstić information content (AvgIpc) is 3.06. The van der Waals surface area contributed by atoms with Gasteiger partial charge in [-0.2, -0.15) is 5.26 Å². The van der Waals surface area contributed by atoms with Crippen LogP contribution in [0.3, 0.4) is 0 Å². The van der Waals surface area contributed by atoms with Gasteiger partial charge >= 0.3 is 0 Å². The molecule has 4 nitrogen and oxygen atoms in total. The standard InChI is InChI=1S/C22H26N4/c1-16-5-6-20(17(2)12-16)14-25-10-7-18-8-11-26(15-21(18)25)22-19(13-23)4-3-9-24-22/h3-6,9,12,18,21H,7-8,10-11,14-15H2,1-2H3. The molecular weight excluding hydrogens is 320 g/mol. The Morgan fingerprint density at radius 2 is 2.04 bits per heavy atom. The minimum atomic E-state index is 0.554. The van der Waals surface area contributed by atoms with Gasteiger partial charge in [0.05, 0.1) is 5.56 Å². The highest BCUT2D eigenvalue weighted by atomic mass is 15.3. The van der Waals surface area contributed by atoms with Crippen molar-refractivity contribution in [3.8, 4) is 6.07 Å². The Morgan fingerprint density at radius 3 is 2.85 bits per heavy atom. The molecule has 3 heterocycles. The molecule has 2 atom stereocenters. The van der Waals surface area contributed by atoms with Gasteiger partial charge in [-0.1, -0.05) is 23.8 Å². The first-order valence-electron chi connectivity index (χ1n) is 9.56. The van der Waals surface area contributed by atoms with E-state index in [9.17, 15) is 5.26 Å². The van der Waals surface area contributed by atoms with E-state index in [0.29, 0.717) is 11.6 Å². The third-order valence-corrected chi connectivity index (χ3v) is 6.06. The molecule has 0 N–H and O–H groups in total. The zero-order chi connectivity index (χ0) is 18.1. The van der Waals surface area contributed by atoms with Crippen molar-refractivity contribution < 1.29 is 0 Å². The van der Waals surface area contributed by atoms with Crippen LogP contribution < -0.4 is 4.90 Å². The number of anilines is 1. The number of piperidine rings is 1. The average molecular weight is 346 g/mol. The van der Waals surface area contributed by atoms with Gasteiger partial charge in [-0.3, -0.25) is 4.90 Å². The molecule has 0 spiro atoms. The van der Waals surface area contributed by atoms with E-state index < -0.39 is 0 Å². The van der Waals surface area contributed by atoms with E-state index in [4.69, 9.17) is 0 Å². The van der Waals surface area contributed by atoms with Crippen LogP contribution in [-0.4, -0.2) is 35.6 Å². The zero-order valence-corrected chi connectivity index (χ0v) is 15.7. The molecule has 1 aromatic carbocycles. The van der Waals surface area contributed by atoms with Crippen LogP contribution >= 0.6 is 0 Å². The van der Waals surface area contributed by atoms with Crippen LogP contribution in [0.1, 0.15) is 35.1 Å². The van der Waals surface area contributed by atoms with Gasteiger partial charge < -0.3 is 4.90 Å². The summed E-state index contributed by atoms with van der Waals surface area (Å²) in [5, 5.41) is 9.41. The molecule has 0 radical (unpaired) electrons. The van der Waals surface area contributed by atoms with Crippen LogP contribution in [0.25, 0.3) is 0 Å². The Hall–Kier alpha value is -2.38. The summed E-state index contributed by atoms with van der Waals surface area (Å²) in [6, 6.07) is 13.4. The number of aromatic nitrogens is 1. The molecule has 4 heteroatoms. The van der Waals surface area contributed by atoms with Crippen molar-refractivity contribution in [1.29, 1.82) is 5.26 Å². The molecule has 1 aromatic heterocycles. The second-order valence-corrected chi connectivity index (χ2v) is 7.74. The van der Waals surface area contributed by atoms with E-state index in [-0.39, 0.29) is 0 Å². The number of likely N-dealkylation sites (tertiary alicyclic amines) is 1. The van der Waals surface area contributed by atoms with Crippen molar-refractivity contribution in [3.05, 3.63) is 58.8 Å². The molecule has 0 aliphatic carbocycles. The Kier molecular flexibility index (Phi) is 4.65. The predicted octanol–water partition coefficient (Wildman–Crippen LogP) is 3.67. The van der Waals surface area contributed by atoms with Gasteiger partial charge in [0.2, 0.25) is 0 Å². The topological polar surface area (TPSA) is 43.2 Å². The van der Waals surface area contributed by atoms with Gasteiger partial charge in [-0.05, 0) is 62.4 Å². The lowest BCUT2D eigenvalue weighted by Crippen LogP contribution is -2.48. The smallest absolute Gasteiger partial charge is 0.146 e. The highest BCUT2D eigenvalue weighted by molar-refractivity contribution is 5.54. The van der Waals surface area contributed by atoms with E-state index in [0.717, 1.165) is 31.4 Å². The molecule has 2 fully saturated rings. The summed E-state index contributed by atoms with van der Waals surface area (Å²) in [6.45, 7) is 8.54. The zero-order valence-electron chi connectivity index (χ0n) is 15.7. The van der Waals surface area contributed by atoms with Crippen LogP contribution in [0.4, 0.5) is 5.82 Å². The third kappa shape index (κ3) is 3.20. The number of rotatable bonds is 3. The number of hydrogen-bond acceptors (Lipinski definition) is 4. The molecule has 2 aliphatic rings. The van der Waals surface area contributed by atoms with Gasteiger partial charge in [0.1, 0.15) is 11.9 Å². The minimum absolute atomic E-state index is 0.554. The summed E-state index contributed by atoms with van der Waals surface area (Å²) in [5.74, 6) is 1.62. The Labute approximate surface area is 156 Å². The van der Waals surface area contributed by atoms with Crippen LogP contribution in [-0.2, 0) is 6.54 Å². The lowest BCUT2D eigenvalue weighted by molar-refractivity contribution is 0.200. The summed E-state index contributed by atoms with van der Waals surface area (Å²) < 4.78 is 0. The van der Waals surface area contributed by atoms with E-state index in [1.54, 1.807) is 6.20 Å². The van der Waals surface area contributed by atoms with Crippen molar-refractivity contribution in [3.63, 3.8) is 0 Å². The van der Waals surface area contributed by atoms with E-state index >= 15 is 0 Å². The molecule has 134 valence electrons. The van der Waals surface area contributed by atoms with Crippen LogP contribution in [0.5, 0.6) is 0 Å². The number of aryl methyl sites for hydroxylation is 2. The maximum Gasteiger partial charge on any atom is 0.146 e. The first-order valence-corrected chi connectivity index (χ1v) is 9.56. The summed E-state index contributed by atoms with van der Waals surface area (Å²) >= 11 is 0. The molecular formula is C22H26N4. The summed E-state index contributed by atoms with van der Waals surface area (Å²) in [4.78, 5) is 9.47. The van der Waals surface area contributed by atoms with E-state index in [2.05, 4.69) is 52.9 Å². The molecule has 0 saturated carbocycles. The van der Waals surface area contributed by atoms with Crippen molar-refractivity contribution in [1.82, 2.24) is 9.88 Å². The molecule has 2 aromatic rings. The summed E-state index contributed by atoms with van der Waals surface area (Å²) in [6.07, 6.45) is 4.27. The number of nitrogens with zero attached hydrogens (tertiary/aromatic N) is 4. The number of fused-ring (bicyclic) bond motifs is 1. The Bertz CT molecular complexity index is 838. The fourth-order valence-corrected chi connectivity index (χ4v) is 4.59. The lowest BCUT2D eigenvalue weighted by atomic mass is 9.91. The predicted molar refractivity (Wildman–Crippen MR) is 104 cm³/mol. The second-order valence-electron chi connectivity index (χ2n) is 7.74. The third-order valence-electron chi connectivity index (χ3n) is 6.06.